The van der Waals surface area contributed by atoms with E-state index in [2.05, 4.69) is 4.98 Å². The number of nitrogens with zero attached hydrogens (tertiary/aromatic N) is 2. The maximum Gasteiger partial charge on any atom is 0.343 e. The number of aryl methyl sites for hydroxylation is 1. The predicted molar refractivity (Wildman–Crippen MR) is 164 cm³/mol. The van der Waals surface area contributed by atoms with E-state index in [9.17, 15) is 19.2 Å². The molecule has 0 N–H and O–H groups in total. The maximum atomic E-state index is 14.3. The summed E-state index contributed by atoms with van der Waals surface area (Å²) in [5, 5.41) is -0.292. The second-order valence-electron chi connectivity index (χ2n) is 12.1. The first-order chi connectivity index (χ1) is 21.0. The van der Waals surface area contributed by atoms with Crippen molar-refractivity contribution < 1.29 is 42.4 Å². The van der Waals surface area contributed by atoms with Crippen molar-refractivity contribution in [3.05, 3.63) is 56.4 Å². The topological polar surface area (TPSA) is 154 Å². The maximum absolute atomic E-state index is 14.3. The molecule has 0 aliphatic carbocycles. The zero-order chi connectivity index (χ0) is 33.4. The number of fused-ring (bicyclic) bond motifs is 2. The lowest BCUT2D eigenvalue weighted by Crippen LogP contribution is -2.29. The lowest BCUT2D eigenvalue weighted by molar-refractivity contribution is -0.143. The van der Waals surface area contributed by atoms with Crippen molar-refractivity contribution in [2.45, 2.75) is 54.1 Å². The lowest BCUT2D eigenvalue weighted by Gasteiger charge is -2.23. The minimum Gasteiger partial charge on any atom is -0.493 e. The van der Waals surface area contributed by atoms with Crippen LogP contribution in [0.1, 0.15) is 57.6 Å². The van der Waals surface area contributed by atoms with Crippen molar-refractivity contribution in [1.29, 1.82) is 0 Å². The summed E-state index contributed by atoms with van der Waals surface area (Å²) in [6.45, 7) is 11.1. The molecule has 0 amide bonds. The SMILES string of the molecule is COCOc1cc2occ(-c3c(C)nc4cc(OC)c(OC)cn4c3=O)c(=O)c2c(C(=O)OC(C)(C)C)c1OC(=O)C(C)(C)C. The number of methoxy groups -OCH3 is 3. The van der Waals surface area contributed by atoms with Crippen LogP contribution in [0.5, 0.6) is 23.0 Å². The Bertz CT molecular complexity index is 1930. The summed E-state index contributed by atoms with van der Waals surface area (Å²) in [5.74, 6) is -1.56. The number of pyridine rings is 1. The number of ether oxygens (including phenoxy) is 6. The van der Waals surface area contributed by atoms with Crippen molar-refractivity contribution in [3.8, 4) is 34.1 Å². The average Bonchev–Trinajstić information content (AvgIpc) is 2.95. The molecular weight excluding hydrogens is 588 g/mol. The molecule has 3 heterocycles. The van der Waals surface area contributed by atoms with Crippen molar-refractivity contribution in [2.24, 2.45) is 5.41 Å². The molecular formula is C32H36N2O11. The van der Waals surface area contributed by atoms with Crippen LogP contribution in [0.3, 0.4) is 0 Å². The Labute approximate surface area is 258 Å². The van der Waals surface area contributed by atoms with Gasteiger partial charge in [0.2, 0.25) is 5.43 Å². The number of hydrogen-bond donors (Lipinski definition) is 0. The van der Waals surface area contributed by atoms with E-state index in [0.29, 0.717) is 5.75 Å². The third-order valence-corrected chi connectivity index (χ3v) is 6.51. The number of carbonyl (C=O) groups excluding carboxylic acids is 2. The Morgan fingerprint density at radius 2 is 1.62 bits per heavy atom. The largest absolute Gasteiger partial charge is 0.493 e. The molecule has 0 radical (unpaired) electrons. The van der Waals surface area contributed by atoms with Gasteiger partial charge in [-0.2, -0.15) is 0 Å². The van der Waals surface area contributed by atoms with Gasteiger partial charge in [-0.25, -0.2) is 9.78 Å². The molecule has 0 saturated heterocycles. The Morgan fingerprint density at radius 3 is 2.20 bits per heavy atom. The molecule has 1 aromatic carbocycles. The molecule has 0 aliphatic heterocycles. The Morgan fingerprint density at radius 1 is 0.956 bits per heavy atom. The normalized spacial score (nSPS) is 11.9. The summed E-state index contributed by atoms with van der Waals surface area (Å²) in [7, 11) is 4.25. The van der Waals surface area contributed by atoms with Crippen molar-refractivity contribution in [3.63, 3.8) is 0 Å². The van der Waals surface area contributed by atoms with Crippen LogP contribution in [-0.2, 0) is 14.3 Å². The number of carbonyl (C=O) groups is 2. The molecule has 240 valence electrons. The molecule has 0 saturated carbocycles. The van der Waals surface area contributed by atoms with Gasteiger partial charge in [-0.15, -0.1) is 0 Å². The molecule has 13 heteroatoms. The van der Waals surface area contributed by atoms with Gasteiger partial charge in [0.25, 0.3) is 5.56 Å². The zero-order valence-corrected chi connectivity index (χ0v) is 26.9. The lowest BCUT2D eigenvalue weighted by atomic mass is 9.97. The highest BCUT2D eigenvalue weighted by molar-refractivity contribution is 6.08. The van der Waals surface area contributed by atoms with Gasteiger partial charge < -0.3 is 32.8 Å². The predicted octanol–water partition coefficient (Wildman–Crippen LogP) is 4.68. The fourth-order valence-electron chi connectivity index (χ4n) is 4.40. The van der Waals surface area contributed by atoms with E-state index in [1.165, 1.54) is 44.1 Å². The van der Waals surface area contributed by atoms with Gasteiger partial charge in [0, 0.05) is 19.2 Å². The van der Waals surface area contributed by atoms with E-state index >= 15 is 0 Å². The van der Waals surface area contributed by atoms with Crippen molar-refractivity contribution in [2.75, 3.05) is 28.1 Å². The van der Waals surface area contributed by atoms with Crippen molar-refractivity contribution >= 4 is 28.6 Å². The highest BCUT2D eigenvalue weighted by Crippen LogP contribution is 2.40. The van der Waals surface area contributed by atoms with Gasteiger partial charge in [-0.3, -0.25) is 18.8 Å². The van der Waals surface area contributed by atoms with Crippen LogP contribution in [0.4, 0.5) is 0 Å². The molecule has 45 heavy (non-hydrogen) atoms. The molecule has 3 aromatic heterocycles. The van der Waals surface area contributed by atoms with Crippen LogP contribution in [0.2, 0.25) is 0 Å². The first kappa shape index (κ1) is 33.0. The third kappa shape index (κ3) is 6.48. The minimum atomic E-state index is -1.01. The molecule has 0 unspecified atom stereocenters. The Hall–Kier alpha value is -4.91. The molecule has 0 spiro atoms. The van der Waals surface area contributed by atoms with E-state index in [1.54, 1.807) is 48.5 Å². The number of hydrogen-bond acceptors (Lipinski definition) is 12. The Kier molecular flexibility index (Phi) is 8.97. The fourth-order valence-corrected chi connectivity index (χ4v) is 4.40. The van der Waals surface area contributed by atoms with Crippen LogP contribution < -0.4 is 29.9 Å². The molecule has 13 nitrogen and oxygen atoms in total. The van der Waals surface area contributed by atoms with Crippen LogP contribution >= 0.6 is 0 Å². The second kappa shape index (κ2) is 12.2. The van der Waals surface area contributed by atoms with Crippen LogP contribution in [0, 0.1) is 12.3 Å². The number of benzene rings is 1. The Balaban J connectivity index is 2.12. The van der Waals surface area contributed by atoms with Gasteiger partial charge in [0.15, 0.2) is 29.8 Å². The third-order valence-electron chi connectivity index (χ3n) is 6.51. The zero-order valence-electron chi connectivity index (χ0n) is 26.9. The number of aromatic nitrogens is 2. The highest BCUT2D eigenvalue weighted by atomic mass is 16.7. The monoisotopic (exact) mass is 624 g/mol. The summed E-state index contributed by atoms with van der Waals surface area (Å²) < 4.78 is 39.8. The summed E-state index contributed by atoms with van der Waals surface area (Å²) in [6.07, 6.45) is 2.49. The van der Waals surface area contributed by atoms with Crippen LogP contribution in [-0.4, -0.2) is 55.0 Å². The van der Waals surface area contributed by atoms with Crippen LogP contribution in [0.15, 0.2) is 38.6 Å². The molecule has 0 aliphatic rings. The van der Waals surface area contributed by atoms with Gasteiger partial charge in [-0.1, -0.05) is 0 Å². The van der Waals surface area contributed by atoms with E-state index < -0.39 is 39.5 Å². The second-order valence-corrected chi connectivity index (χ2v) is 12.1. The van der Waals surface area contributed by atoms with Crippen LogP contribution in [0.25, 0.3) is 27.7 Å². The van der Waals surface area contributed by atoms with Gasteiger partial charge in [-0.05, 0) is 48.5 Å². The summed E-state index contributed by atoms with van der Waals surface area (Å²) in [6, 6.07) is 2.83. The van der Waals surface area contributed by atoms with Gasteiger partial charge in [0.1, 0.15) is 28.7 Å². The van der Waals surface area contributed by atoms with E-state index in [0.717, 1.165) is 6.26 Å². The molecule has 0 bridgehead atoms. The smallest absolute Gasteiger partial charge is 0.343 e. The summed E-state index contributed by atoms with van der Waals surface area (Å²) >= 11 is 0. The van der Waals surface area contributed by atoms with Gasteiger partial charge in [0.05, 0.1) is 48.0 Å². The quantitative estimate of drug-likeness (QED) is 0.152. The van der Waals surface area contributed by atoms with E-state index in [1.807, 2.05) is 0 Å². The average molecular weight is 625 g/mol. The molecule has 0 fully saturated rings. The summed E-state index contributed by atoms with van der Waals surface area (Å²) in [4.78, 5) is 59.6. The molecule has 0 atom stereocenters. The van der Waals surface area contributed by atoms with Crippen molar-refractivity contribution in [1.82, 2.24) is 9.38 Å². The minimum absolute atomic E-state index is 0.0848. The van der Waals surface area contributed by atoms with E-state index in [-0.39, 0.29) is 57.5 Å². The van der Waals surface area contributed by atoms with Gasteiger partial charge >= 0.3 is 11.9 Å². The summed E-state index contributed by atoms with van der Waals surface area (Å²) in [5.41, 5.74) is -3.72. The molecule has 4 aromatic rings. The number of esters is 2. The standard InChI is InChI=1S/C32H36N2O11/c1-16-23(28(36)34-13-21(41-10)18(40-9)12-22(34)33-16)17-14-42-19-11-20(43-15-39-8)27(44-30(38)31(2,3)4)25(24(19)26(17)35)29(37)45-32(5,6)7/h11-14H,15H2,1-10H3. The first-order valence-electron chi connectivity index (χ1n) is 13.9. The first-order valence-corrected chi connectivity index (χ1v) is 13.9. The highest BCUT2D eigenvalue weighted by Gasteiger charge is 2.34. The fraction of sp³-hybridized carbons (Fsp3) is 0.406. The molecule has 4 rings (SSSR count). The van der Waals surface area contributed by atoms with E-state index in [4.69, 9.17) is 32.8 Å². The number of rotatable bonds is 8.